The van der Waals surface area contributed by atoms with Crippen LogP contribution >= 0.6 is 15.9 Å². The van der Waals surface area contributed by atoms with Gasteiger partial charge in [-0.15, -0.1) is 0 Å². The zero-order chi connectivity index (χ0) is 14.6. The standard InChI is InChI=1S/C16H24BrFN2/c1-2-12-4-3-8-16(11-19,9-7-12)20-13-5-6-15(18)14(17)10-13/h5-6,10,12,20H,2-4,7-9,11,19H2,1H3. The highest BCUT2D eigenvalue weighted by molar-refractivity contribution is 9.10. The minimum atomic E-state index is -0.232. The van der Waals surface area contributed by atoms with Gasteiger partial charge >= 0.3 is 0 Å². The lowest BCUT2D eigenvalue weighted by atomic mass is 9.89. The first-order chi connectivity index (χ1) is 9.58. The normalized spacial score (nSPS) is 27.1. The average molecular weight is 343 g/mol. The molecule has 1 aromatic carbocycles. The lowest BCUT2D eigenvalue weighted by Gasteiger charge is -2.34. The van der Waals surface area contributed by atoms with Crippen molar-refractivity contribution in [2.75, 3.05) is 11.9 Å². The summed E-state index contributed by atoms with van der Waals surface area (Å²) in [6.45, 7) is 2.89. The molecule has 2 unspecified atom stereocenters. The summed E-state index contributed by atoms with van der Waals surface area (Å²) < 4.78 is 13.8. The predicted molar refractivity (Wildman–Crippen MR) is 86.4 cm³/mol. The molecule has 1 aliphatic carbocycles. The number of nitrogens with one attached hydrogen (secondary N) is 1. The average Bonchev–Trinajstić information content (AvgIpc) is 2.66. The molecule has 0 heterocycles. The fourth-order valence-corrected chi connectivity index (χ4v) is 3.53. The molecule has 1 aliphatic rings. The Morgan fingerprint density at radius 1 is 1.40 bits per heavy atom. The molecular formula is C16H24BrFN2. The largest absolute Gasteiger partial charge is 0.378 e. The molecule has 0 amide bonds. The third kappa shape index (κ3) is 3.73. The van der Waals surface area contributed by atoms with Gasteiger partial charge in [-0.05, 0) is 59.3 Å². The predicted octanol–water partition coefficient (Wildman–Crippen LogP) is 4.69. The van der Waals surface area contributed by atoms with Gasteiger partial charge in [0.1, 0.15) is 5.82 Å². The van der Waals surface area contributed by atoms with Gasteiger partial charge in [0, 0.05) is 17.8 Å². The molecule has 2 nitrogen and oxygen atoms in total. The molecule has 0 bridgehead atoms. The summed E-state index contributed by atoms with van der Waals surface area (Å²) in [5.74, 6) is 0.592. The first-order valence-corrected chi connectivity index (χ1v) is 8.31. The van der Waals surface area contributed by atoms with E-state index < -0.39 is 0 Å². The first kappa shape index (κ1) is 15.8. The molecule has 1 fully saturated rings. The number of benzene rings is 1. The lowest BCUT2D eigenvalue weighted by Crippen LogP contribution is -2.45. The van der Waals surface area contributed by atoms with Crippen molar-refractivity contribution >= 4 is 21.6 Å². The monoisotopic (exact) mass is 342 g/mol. The molecule has 2 rings (SSSR count). The van der Waals surface area contributed by atoms with Crippen LogP contribution in [0, 0.1) is 11.7 Å². The first-order valence-electron chi connectivity index (χ1n) is 7.52. The number of nitrogens with two attached hydrogens (primary N) is 1. The van der Waals surface area contributed by atoms with Gasteiger partial charge in [-0.2, -0.15) is 0 Å². The molecule has 0 aliphatic heterocycles. The number of hydrogen-bond donors (Lipinski definition) is 2. The second-order valence-corrected chi connectivity index (χ2v) is 6.80. The van der Waals surface area contributed by atoms with Crippen LogP contribution in [0.15, 0.2) is 22.7 Å². The van der Waals surface area contributed by atoms with Crippen LogP contribution in [-0.4, -0.2) is 12.1 Å². The highest BCUT2D eigenvalue weighted by Crippen LogP contribution is 2.34. The Labute approximate surface area is 129 Å². The molecule has 0 radical (unpaired) electrons. The summed E-state index contributed by atoms with van der Waals surface area (Å²) in [5, 5.41) is 3.58. The zero-order valence-electron chi connectivity index (χ0n) is 12.1. The van der Waals surface area contributed by atoms with E-state index in [4.69, 9.17) is 5.73 Å². The fraction of sp³-hybridized carbons (Fsp3) is 0.625. The van der Waals surface area contributed by atoms with Crippen LogP contribution in [0.1, 0.15) is 45.4 Å². The van der Waals surface area contributed by atoms with Crippen LogP contribution < -0.4 is 11.1 Å². The van der Waals surface area contributed by atoms with Gasteiger partial charge in [0.2, 0.25) is 0 Å². The van der Waals surface area contributed by atoms with Crippen molar-refractivity contribution in [2.45, 2.75) is 51.0 Å². The van der Waals surface area contributed by atoms with Gasteiger partial charge in [0.15, 0.2) is 0 Å². The molecule has 1 saturated carbocycles. The topological polar surface area (TPSA) is 38.0 Å². The molecule has 3 N–H and O–H groups in total. The quantitative estimate of drug-likeness (QED) is 0.779. The Bertz CT molecular complexity index is 452. The second-order valence-electron chi connectivity index (χ2n) is 5.94. The fourth-order valence-electron chi connectivity index (χ4n) is 3.15. The molecule has 1 aromatic rings. The SMILES string of the molecule is CCC1CCCC(CN)(Nc2ccc(F)c(Br)c2)CC1. The summed E-state index contributed by atoms with van der Waals surface area (Å²) in [5.41, 5.74) is 6.96. The van der Waals surface area contributed by atoms with Gasteiger partial charge in [-0.3, -0.25) is 0 Å². The summed E-state index contributed by atoms with van der Waals surface area (Å²) in [7, 11) is 0. The maximum atomic E-state index is 13.3. The van der Waals surface area contributed by atoms with E-state index in [9.17, 15) is 4.39 Å². The van der Waals surface area contributed by atoms with Crippen molar-refractivity contribution in [1.29, 1.82) is 0 Å². The molecule has 20 heavy (non-hydrogen) atoms. The van der Waals surface area contributed by atoms with Gasteiger partial charge in [-0.25, -0.2) is 4.39 Å². The van der Waals surface area contributed by atoms with Crippen molar-refractivity contribution < 1.29 is 4.39 Å². The Hall–Kier alpha value is -0.610. The van der Waals surface area contributed by atoms with Crippen LogP contribution in [0.4, 0.5) is 10.1 Å². The lowest BCUT2D eigenvalue weighted by molar-refractivity contribution is 0.398. The number of rotatable bonds is 4. The molecule has 0 aromatic heterocycles. The van der Waals surface area contributed by atoms with E-state index in [-0.39, 0.29) is 11.4 Å². The van der Waals surface area contributed by atoms with E-state index >= 15 is 0 Å². The number of halogens is 2. The van der Waals surface area contributed by atoms with E-state index in [0.29, 0.717) is 11.0 Å². The Balaban J connectivity index is 2.12. The van der Waals surface area contributed by atoms with E-state index in [1.54, 1.807) is 12.1 Å². The summed E-state index contributed by atoms with van der Waals surface area (Å²) in [6, 6.07) is 5.08. The van der Waals surface area contributed by atoms with E-state index in [1.165, 1.54) is 31.7 Å². The smallest absolute Gasteiger partial charge is 0.137 e. The molecule has 0 saturated heterocycles. The number of anilines is 1. The molecule has 2 atom stereocenters. The highest BCUT2D eigenvalue weighted by atomic mass is 79.9. The van der Waals surface area contributed by atoms with Crippen molar-refractivity contribution in [3.63, 3.8) is 0 Å². The van der Waals surface area contributed by atoms with Crippen LogP contribution in [-0.2, 0) is 0 Å². The van der Waals surface area contributed by atoms with E-state index in [0.717, 1.165) is 24.4 Å². The summed E-state index contributed by atoms with van der Waals surface area (Å²) in [6.07, 6.45) is 7.18. The Morgan fingerprint density at radius 2 is 2.20 bits per heavy atom. The minimum absolute atomic E-state index is 0.0405. The molecule has 112 valence electrons. The van der Waals surface area contributed by atoms with Crippen LogP contribution in [0.2, 0.25) is 0 Å². The van der Waals surface area contributed by atoms with Crippen LogP contribution in [0.5, 0.6) is 0 Å². The molecule has 4 heteroatoms. The zero-order valence-corrected chi connectivity index (χ0v) is 13.7. The molecule has 0 spiro atoms. The summed E-state index contributed by atoms with van der Waals surface area (Å²) >= 11 is 3.24. The van der Waals surface area contributed by atoms with Gasteiger partial charge in [-0.1, -0.05) is 26.2 Å². The maximum Gasteiger partial charge on any atom is 0.137 e. The third-order valence-corrected chi connectivity index (χ3v) is 5.20. The Morgan fingerprint density at radius 3 is 2.85 bits per heavy atom. The minimum Gasteiger partial charge on any atom is -0.378 e. The number of hydrogen-bond acceptors (Lipinski definition) is 2. The van der Waals surface area contributed by atoms with E-state index in [2.05, 4.69) is 28.2 Å². The highest BCUT2D eigenvalue weighted by Gasteiger charge is 2.31. The van der Waals surface area contributed by atoms with E-state index in [1.807, 2.05) is 0 Å². The van der Waals surface area contributed by atoms with Gasteiger partial charge < -0.3 is 11.1 Å². The van der Waals surface area contributed by atoms with Crippen molar-refractivity contribution in [1.82, 2.24) is 0 Å². The second kappa shape index (κ2) is 6.90. The van der Waals surface area contributed by atoms with Crippen molar-refractivity contribution in [3.8, 4) is 0 Å². The maximum absolute atomic E-state index is 13.3. The van der Waals surface area contributed by atoms with Gasteiger partial charge in [0.25, 0.3) is 0 Å². The van der Waals surface area contributed by atoms with Crippen LogP contribution in [0.25, 0.3) is 0 Å². The van der Waals surface area contributed by atoms with Crippen molar-refractivity contribution in [2.24, 2.45) is 11.7 Å². The Kier molecular flexibility index (Phi) is 5.44. The summed E-state index contributed by atoms with van der Waals surface area (Å²) in [4.78, 5) is 0. The van der Waals surface area contributed by atoms with Gasteiger partial charge in [0.05, 0.1) is 4.47 Å². The van der Waals surface area contributed by atoms with Crippen molar-refractivity contribution in [3.05, 3.63) is 28.5 Å². The third-order valence-electron chi connectivity index (χ3n) is 4.60. The van der Waals surface area contributed by atoms with Crippen LogP contribution in [0.3, 0.4) is 0 Å². The molecular weight excluding hydrogens is 319 g/mol.